The molecular formula is C15H20O4. The summed E-state index contributed by atoms with van der Waals surface area (Å²) in [6, 6.07) is 0. The molecule has 2 heterocycles. The van der Waals surface area contributed by atoms with Crippen molar-refractivity contribution < 1.29 is 19.0 Å². The molecule has 0 aromatic rings. The Balaban J connectivity index is 1.45. The van der Waals surface area contributed by atoms with Crippen molar-refractivity contribution in [1.82, 2.24) is 0 Å². The van der Waals surface area contributed by atoms with E-state index in [9.17, 15) is 4.79 Å². The van der Waals surface area contributed by atoms with E-state index < -0.39 is 0 Å². The maximum absolute atomic E-state index is 12.1. The first kappa shape index (κ1) is 11.9. The zero-order chi connectivity index (χ0) is 13.0. The topological polar surface area (TPSA) is 44.8 Å². The van der Waals surface area contributed by atoms with E-state index in [1.807, 2.05) is 6.92 Å². The van der Waals surface area contributed by atoms with Gasteiger partial charge in [0.1, 0.15) is 0 Å². The molecule has 0 amide bonds. The second-order valence-electron chi connectivity index (χ2n) is 6.16. The molecule has 7 unspecified atom stereocenters. The number of fused-ring (bicyclic) bond motifs is 9. The summed E-state index contributed by atoms with van der Waals surface area (Å²) in [6.45, 7) is 2.53. The SMILES string of the molecule is CCOCOC(=O)C1CC2OC1C1C3C=CC(C3)C21. The van der Waals surface area contributed by atoms with E-state index in [0.717, 1.165) is 6.42 Å². The molecule has 104 valence electrons. The molecular weight excluding hydrogens is 244 g/mol. The van der Waals surface area contributed by atoms with Crippen molar-refractivity contribution in [3.63, 3.8) is 0 Å². The number of hydrogen-bond donors (Lipinski definition) is 0. The highest BCUT2D eigenvalue weighted by Gasteiger charge is 2.64. The largest absolute Gasteiger partial charge is 0.438 e. The third-order valence-electron chi connectivity index (χ3n) is 5.40. The summed E-state index contributed by atoms with van der Waals surface area (Å²) in [5, 5.41) is 0. The van der Waals surface area contributed by atoms with Crippen LogP contribution < -0.4 is 0 Å². The first-order valence-electron chi connectivity index (χ1n) is 7.37. The third-order valence-corrected chi connectivity index (χ3v) is 5.40. The quantitative estimate of drug-likeness (QED) is 0.336. The summed E-state index contributed by atoms with van der Waals surface area (Å²) in [5.41, 5.74) is 0. The van der Waals surface area contributed by atoms with Gasteiger partial charge < -0.3 is 14.2 Å². The summed E-state index contributed by atoms with van der Waals surface area (Å²) >= 11 is 0. The molecule has 4 heteroatoms. The van der Waals surface area contributed by atoms with E-state index in [4.69, 9.17) is 14.2 Å². The Bertz CT molecular complexity index is 418. The van der Waals surface area contributed by atoms with Crippen molar-refractivity contribution in [1.29, 1.82) is 0 Å². The fourth-order valence-electron chi connectivity index (χ4n) is 4.75. The first-order valence-corrected chi connectivity index (χ1v) is 7.37. The van der Waals surface area contributed by atoms with Crippen LogP contribution in [0.2, 0.25) is 0 Å². The highest BCUT2D eigenvalue weighted by molar-refractivity contribution is 5.74. The summed E-state index contributed by atoms with van der Waals surface area (Å²) in [5.74, 6) is 2.35. The van der Waals surface area contributed by atoms with Gasteiger partial charge in [0.05, 0.1) is 18.1 Å². The number of ether oxygens (including phenoxy) is 3. The summed E-state index contributed by atoms with van der Waals surface area (Å²) in [6.07, 6.45) is 7.17. The van der Waals surface area contributed by atoms with Gasteiger partial charge >= 0.3 is 5.97 Å². The van der Waals surface area contributed by atoms with Crippen LogP contribution in [-0.2, 0) is 19.0 Å². The minimum absolute atomic E-state index is 0.0699. The molecule has 0 radical (unpaired) electrons. The van der Waals surface area contributed by atoms with E-state index >= 15 is 0 Å². The highest BCUT2D eigenvalue weighted by atomic mass is 16.7. The molecule has 2 aliphatic heterocycles. The van der Waals surface area contributed by atoms with E-state index in [-0.39, 0.29) is 30.9 Å². The zero-order valence-electron chi connectivity index (χ0n) is 11.2. The Labute approximate surface area is 113 Å². The van der Waals surface area contributed by atoms with Crippen molar-refractivity contribution in [3.8, 4) is 0 Å². The fourth-order valence-corrected chi connectivity index (χ4v) is 4.75. The highest BCUT2D eigenvalue weighted by Crippen LogP contribution is 2.61. The monoisotopic (exact) mass is 264 g/mol. The van der Waals surface area contributed by atoms with Gasteiger partial charge in [-0.25, -0.2) is 0 Å². The number of allylic oxidation sites excluding steroid dienone is 2. The van der Waals surface area contributed by atoms with Crippen molar-refractivity contribution >= 4 is 5.97 Å². The van der Waals surface area contributed by atoms with Gasteiger partial charge in [-0.15, -0.1) is 0 Å². The van der Waals surface area contributed by atoms with Crippen LogP contribution in [0.5, 0.6) is 0 Å². The van der Waals surface area contributed by atoms with Gasteiger partial charge in [-0.2, -0.15) is 0 Å². The van der Waals surface area contributed by atoms with Crippen LogP contribution in [-0.4, -0.2) is 31.6 Å². The minimum atomic E-state index is -0.133. The zero-order valence-corrected chi connectivity index (χ0v) is 11.2. The van der Waals surface area contributed by atoms with Gasteiger partial charge in [-0.1, -0.05) is 12.2 Å². The predicted octanol–water partition coefficient (Wildman–Crippen LogP) is 1.75. The van der Waals surface area contributed by atoms with Crippen LogP contribution >= 0.6 is 0 Å². The molecule has 1 saturated carbocycles. The lowest BCUT2D eigenvalue weighted by atomic mass is 9.69. The van der Waals surface area contributed by atoms with E-state index in [2.05, 4.69) is 12.2 Å². The van der Waals surface area contributed by atoms with Crippen LogP contribution in [0, 0.1) is 29.6 Å². The molecule has 3 fully saturated rings. The number of hydrogen-bond acceptors (Lipinski definition) is 4. The molecule has 4 rings (SSSR count). The average Bonchev–Trinajstić information content (AvgIpc) is 3.16. The van der Waals surface area contributed by atoms with E-state index in [0.29, 0.717) is 30.3 Å². The second-order valence-corrected chi connectivity index (χ2v) is 6.16. The van der Waals surface area contributed by atoms with E-state index in [1.165, 1.54) is 6.42 Å². The lowest BCUT2D eigenvalue weighted by Crippen LogP contribution is -2.39. The van der Waals surface area contributed by atoms with E-state index in [1.54, 1.807) is 0 Å². The molecule has 4 bridgehead atoms. The van der Waals surface area contributed by atoms with Crippen molar-refractivity contribution in [3.05, 3.63) is 12.2 Å². The van der Waals surface area contributed by atoms with Gasteiger partial charge in [-0.05, 0) is 43.4 Å². The fraction of sp³-hybridized carbons (Fsp3) is 0.800. The minimum Gasteiger partial charge on any atom is -0.438 e. The molecule has 7 atom stereocenters. The summed E-state index contributed by atoms with van der Waals surface area (Å²) < 4.78 is 16.4. The molecule has 0 N–H and O–H groups in total. The number of carbonyl (C=O) groups excluding carboxylic acids is 1. The van der Waals surface area contributed by atoms with Crippen LogP contribution in [0.3, 0.4) is 0 Å². The van der Waals surface area contributed by atoms with Crippen LogP contribution in [0.25, 0.3) is 0 Å². The Morgan fingerprint density at radius 2 is 2.05 bits per heavy atom. The normalized spacial score (nSPS) is 48.8. The maximum Gasteiger partial charge on any atom is 0.313 e. The van der Waals surface area contributed by atoms with Gasteiger partial charge in [0.2, 0.25) is 0 Å². The molecule has 0 spiro atoms. The number of rotatable bonds is 4. The molecule has 4 aliphatic rings. The van der Waals surface area contributed by atoms with Crippen molar-refractivity contribution in [2.75, 3.05) is 13.4 Å². The Morgan fingerprint density at radius 3 is 2.84 bits per heavy atom. The maximum atomic E-state index is 12.1. The lowest BCUT2D eigenvalue weighted by Gasteiger charge is -2.32. The van der Waals surface area contributed by atoms with Gasteiger partial charge in [0.25, 0.3) is 0 Å². The van der Waals surface area contributed by atoms with Crippen LogP contribution in [0.1, 0.15) is 19.8 Å². The Kier molecular flexibility index (Phi) is 2.71. The molecule has 2 aliphatic carbocycles. The predicted molar refractivity (Wildman–Crippen MR) is 67.1 cm³/mol. The van der Waals surface area contributed by atoms with Gasteiger partial charge in [0, 0.05) is 6.61 Å². The first-order chi connectivity index (χ1) is 9.29. The Morgan fingerprint density at radius 1 is 1.26 bits per heavy atom. The van der Waals surface area contributed by atoms with Crippen molar-refractivity contribution in [2.45, 2.75) is 32.0 Å². The smallest absolute Gasteiger partial charge is 0.313 e. The van der Waals surface area contributed by atoms with Gasteiger partial charge in [-0.3, -0.25) is 4.79 Å². The molecule has 0 aromatic heterocycles. The second kappa shape index (κ2) is 4.32. The molecule has 4 nitrogen and oxygen atoms in total. The van der Waals surface area contributed by atoms with Crippen LogP contribution in [0.15, 0.2) is 12.2 Å². The molecule has 0 aromatic carbocycles. The summed E-state index contributed by atoms with van der Waals surface area (Å²) in [4.78, 5) is 12.1. The lowest BCUT2D eigenvalue weighted by molar-refractivity contribution is -0.163. The summed E-state index contributed by atoms with van der Waals surface area (Å²) in [7, 11) is 0. The van der Waals surface area contributed by atoms with Gasteiger partial charge in [0.15, 0.2) is 6.79 Å². The Hall–Kier alpha value is -0.870. The third kappa shape index (κ3) is 1.62. The standard InChI is InChI=1S/C15H20O4/c1-2-17-7-18-15(16)10-6-11-12-8-3-4-9(5-8)13(12)14(10)19-11/h3-4,8-14H,2,5-7H2,1H3. The average molecular weight is 264 g/mol. The van der Waals surface area contributed by atoms with Crippen LogP contribution in [0.4, 0.5) is 0 Å². The molecule has 2 saturated heterocycles. The number of carbonyl (C=O) groups is 1. The van der Waals surface area contributed by atoms with Crippen molar-refractivity contribution in [2.24, 2.45) is 29.6 Å². The number of esters is 1. The molecule has 19 heavy (non-hydrogen) atoms.